The van der Waals surface area contributed by atoms with Crippen molar-refractivity contribution in [3.05, 3.63) is 15.6 Å². The molecule has 0 radical (unpaired) electrons. The lowest BCUT2D eigenvalue weighted by atomic mass is 10.1. The van der Waals surface area contributed by atoms with E-state index in [1.54, 1.807) is 0 Å². The molecule has 0 bridgehead atoms. The summed E-state index contributed by atoms with van der Waals surface area (Å²) in [5.41, 5.74) is 1.37. The number of rotatable bonds is 3. The van der Waals surface area contributed by atoms with Gasteiger partial charge in [0.15, 0.2) is 0 Å². The highest BCUT2D eigenvalue weighted by atomic mass is 35.5. The van der Waals surface area contributed by atoms with Crippen molar-refractivity contribution in [2.75, 3.05) is 32.7 Å². The Labute approximate surface area is 132 Å². The average Bonchev–Trinajstić information content (AvgIpc) is 2.80. The molecule has 0 amide bonds. The molecule has 1 saturated heterocycles. The maximum Gasteiger partial charge on any atom is 0.107 e. The van der Waals surface area contributed by atoms with Crippen molar-refractivity contribution in [2.45, 2.75) is 39.4 Å². The second-order valence-electron chi connectivity index (χ2n) is 5.82. The highest BCUT2D eigenvalue weighted by molar-refractivity contribution is 7.11. The van der Waals surface area contributed by atoms with Gasteiger partial charge in [0.05, 0.1) is 12.2 Å². The van der Waals surface area contributed by atoms with Crippen molar-refractivity contribution < 1.29 is 0 Å². The van der Waals surface area contributed by atoms with Crippen molar-refractivity contribution in [3.63, 3.8) is 0 Å². The van der Waals surface area contributed by atoms with E-state index in [1.807, 2.05) is 11.3 Å². The smallest absolute Gasteiger partial charge is 0.107 e. The van der Waals surface area contributed by atoms with Crippen LogP contribution in [0.4, 0.5) is 0 Å². The van der Waals surface area contributed by atoms with Crippen molar-refractivity contribution in [1.82, 2.24) is 20.1 Å². The molecule has 20 heavy (non-hydrogen) atoms. The molecule has 0 saturated carbocycles. The van der Waals surface area contributed by atoms with E-state index in [2.05, 4.69) is 29.0 Å². The first-order valence-electron chi connectivity index (χ1n) is 7.37. The Balaban J connectivity index is 0.00000147. The van der Waals surface area contributed by atoms with E-state index in [1.165, 1.54) is 22.1 Å². The predicted octanol–water partition coefficient (Wildman–Crippen LogP) is 1.74. The van der Waals surface area contributed by atoms with Gasteiger partial charge in [-0.2, -0.15) is 0 Å². The minimum absolute atomic E-state index is 0. The van der Waals surface area contributed by atoms with Gasteiger partial charge >= 0.3 is 0 Å². The third-order valence-corrected chi connectivity index (χ3v) is 5.17. The summed E-state index contributed by atoms with van der Waals surface area (Å²) in [6.45, 7) is 12.4. The van der Waals surface area contributed by atoms with Crippen LogP contribution in [-0.4, -0.2) is 53.5 Å². The van der Waals surface area contributed by atoms with Gasteiger partial charge in [0.2, 0.25) is 0 Å². The van der Waals surface area contributed by atoms with Gasteiger partial charge in [-0.05, 0) is 13.8 Å². The molecule has 2 aliphatic rings. The lowest BCUT2D eigenvalue weighted by molar-refractivity contribution is 0.204. The van der Waals surface area contributed by atoms with Gasteiger partial charge in [-0.3, -0.25) is 9.80 Å². The van der Waals surface area contributed by atoms with Crippen LogP contribution >= 0.6 is 23.7 Å². The first-order valence-corrected chi connectivity index (χ1v) is 8.18. The number of piperazine rings is 1. The van der Waals surface area contributed by atoms with Crippen LogP contribution in [0.2, 0.25) is 0 Å². The maximum absolute atomic E-state index is 4.87. The Morgan fingerprint density at radius 3 is 2.70 bits per heavy atom. The topological polar surface area (TPSA) is 31.4 Å². The van der Waals surface area contributed by atoms with Gasteiger partial charge in [0, 0.05) is 56.6 Å². The molecule has 6 heteroatoms. The molecular formula is C14H25ClN4S. The minimum atomic E-state index is 0. The number of thiazole rings is 1. The van der Waals surface area contributed by atoms with Gasteiger partial charge in [0.1, 0.15) is 5.01 Å². The number of hydrogen-bond acceptors (Lipinski definition) is 5. The second-order valence-corrected chi connectivity index (χ2v) is 6.99. The molecule has 1 fully saturated rings. The van der Waals surface area contributed by atoms with Gasteiger partial charge in [0.25, 0.3) is 0 Å². The first-order chi connectivity index (χ1) is 9.22. The standard InChI is InChI=1S/C14H24N4S.ClH/c1-11(2)18-6-3-12-13(9-18)19-14(16-12)10-17-7-4-15-5-8-17;/h11,15H,3-10H2,1-2H3;1H. The Kier molecular flexibility index (Phi) is 5.81. The van der Waals surface area contributed by atoms with Crippen molar-refractivity contribution in [2.24, 2.45) is 0 Å². The van der Waals surface area contributed by atoms with Gasteiger partial charge < -0.3 is 5.32 Å². The summed E-state index contributed by atoms with van der Waals surface area (Å²) in [5, 5.41) is 4.72. The molecule has 1 N–H and O–H groups in total. The summed E-state index contributed by atoms with van der Waals surface area (Å²) in [6, 6.07) is 0.645. The molecule has 114 valence electrons. The molecule has 0 aliphatic carbocycles. The molecule has 3 heterocycles. The van der Waals surface area contributed by atoms with E-state index < -0.39 is 0 Å². The van der Waals surface area contributed by atoms with Crippen molar-refractivity contribution in [3.8, 4) is 0 Å². The molecule has 0 unspecified atom stereocenters. The van der Waals surface area contributed by atoms with Crippen molar-refractivity contribution in [1.29, 1.82) is 0 Å². The quantitative estimate of drug-likeness (QED) is 0.920. The Morgan fingerprint density at radius 2 is 2.00 bits per heavy atom. The van der Waals surface area contributed by atoms with Crippen LogP contribution in [0.5, 0.6) is 0 Å². The Bertz CT molecular complexity index is 429. The summed E-state index contributed by atoms with van der Waals surface area (Å²) in [4.78, 5) is 11.4. The van der Waals surface area contributed by atoms with E-state index in [0.29, 0.717) is 6.04 Å². The molecule has 2 aliphatic heterocycles. The van der Waals surface area contributed by atoms with E-state index in [9.17, 15) is 0 Å². The number of fused-ring (bicyclic) bond motifs is 1. The van der Waals surface area contributed by atoms with Gasteiger partial charge in [-0.15, -0.1) is 23.7 Å². The summed E-state index contributed by atoms with van der Waals surface area (Å²) in [6.07, 6.45) is 1.13. The summed E-state index contributed by atoms with van der Waals surface area (Å²) in [5.74, 6) is 0. The summed E-state index contributed by atoms with van der Waals surface area (Å²) in [7, 11) is 0. The molecule has 0 atom stereocenters. The SMILES string of the molecule is CC(C)N1CCc2nc(CN3CCNCC3)sc2C1.Cl. The zero-order valence-corrected chi connectivity index (χ0v) is 14.0. The molecule has 4 nitrogen and oxygen atoms in total. The van der Waals surface area contributed by atoms with Crippen LogP contribution in [0.15, 0.2) is 0 Å². The molecule has 1 aromatic rings. The molecular weight excluding hydrogens is 292 g/mol. The number of nitrogens with zero attached hydrogens (tertiary/aromatic N) is 3. The number of nitrogens with one attached hydrogen (secondary N) is 1. The summed E-state index contributed by atoms with van der Waals surface area (Å²) >= 11 is 1.94. The fourth-order valence-electron chi connectivity index (χ4n) is 2.84. The number of aromatic nitrogens is 1. The Hall–Kier alpha value is -0.200. The Morgan fingerprint density at radius 1 is 1.25 bits per heavy atom. The van der Waals surface area contributed by atoms with Gasteiger partial charge in [-0.1, -0.05) is 0 Å². The third kappa shape index (κ3) is 3.71. The highest BCUT2D eigenvalue weighted by Crippen LogP contribution is 2.26. The van der Waals surface area contributed by atoms with E-state index in [0.717, 1.165) is 45.7 Å². The average molecular weight is 317 g/mol. The molecule has 1 aromatic heterocycles. The van der Waals surface area contributed by atoms with Crippen LogP contribution in [-0.2, 0) is 19.5 Å². The zero-order valence-electron chi connectivity index (χ0n) is 12.4. The van der Waals surface area contributed by atoms with E-state index in [-0.39, 0.29) is 12.4 Å². The normalized spacial score (nSPS) is 20.8. The third-order valence-electron chi connectivity index (χ3n) is 4.10. The molecule has 0 aromatic carbocycles. The van der Waals surface area contributed by atoms with Crippen LogP contribution in [0.25, 0.3) is 0 Å². The van der Waals surface area contributed by atoms with Crippen LogP contribution in [0.1, 0.15) is 29.4 Å². The minimum Gasteiger partial charge on any atom is -0.314 e. The number of halogens is 1. The zero-order chi connectivity index (χ0) is 13.2. The molecule has 0 spiro atoms. The van der Waals surface area contributed by atoms with Gasteiger partial charge in [-0.25, -0.2) is 4.98 Å². The fraction of sp³-hybridized carbons (Fsp3) is 0.786. The van der Waals surface area contributed by atoms with Crippen LogP contribution in [0.3, 0.4) is 0 Å². The maximum atomic E-state index is 4.87. The van der Waals surface area contributed by atoms with E-state index in [4.69, 9.17) is 4.98 Å². The van der Waals surface area contributed by atoms with E-state index >= 15 is 0 Å². The fourth-order valence-corrected chi connectivity index (χ4v) is 4.02. The predicted molar refractivity (Wildman–Crippen MR) is 86.8 cm³/mol. The van der Waals surface area contributed by atoms with Crippen molar-refractivity contribution >= 4 is 23.7 Å². The highest BCUT2D eigenvalue weighted by Gasteiger charge is 2.23. The lowest BCUT2D eigenvalue weighted by Gasteiger charge is -2.29. The largest absolute Gasteiger partial charge is 0.314 e. The second kappa shape index (κ2) is 7.18. The lowest BCUT2D eigenvalue weighted by Crippen LogP contribution is -2.42. The van der Waals surface area contributed by atoms with Crippen LogP contribution in [0, 0.1) is 0 Å². The molecule has 3 rings (SSSR count). The van der Waals surface area contributed by atoms with Crippen LogP contribution < -0.4 is 5.32 Å². The number of hydrogen-bond donors (Lipinski definition) is 1. The summed E-state index contributed by atoms with van der Waals surface area (Å²) < 4.78 is 0. The first kappa shape index (κ1) is 16.2. The monoisotopic (exact) mass is 316 g/mol.